The van der Waals surface area contributed by atoms with Crippen LogP contribution < -0.4 is 5.32 Å². The molecule has 0 saturated carbocycles. The average Bonchev–Trinajstić information content (AvgIpc) is 2.69. The van der Waals surface area contributed by atoms with E-state index < -0.39 is 0 Å². The lowest BCUT2D eigenvalue weighted by atomic mass is 9.95. The molecule has 27 heavy (non-hydrogen) atoms. The highest BCUT2D eigenvalue weighted by molar-refractivity contribution is 6.31. The van der Waals surface area contributed by atoms with Gasteiger partial charge in [-0.05, 0) is 57.6 Å². The van der Waals surface area contributed by atoms with Gasteiger partial charge < -0.3 is 15.1 Å². The van der Waals surface area contributed by atoms with Crippen molar-refractivity contribution < 1.29 is 4.79 Å². The fraction of sp³-hybridized carbons (Fsp3) is 0.667. The van der Waals surface area contributed by atoms with Crippen LogP contribution >= 0.6 is 11.6 Å². The molecule has 0 radical (unpaired) electrons. The molecule has 3 rings (SSSR count). The van der Waals surface area contributed by atoms with Crippen molar-refractivity contribution in [1.82, 2.24) is 20.0 Å². The molecule has 1 N–H and O–H groups in total. The Labute approximate surface area is 168 Å². The minimum Gasteiger partial charge on any atom is -0.356 e. The molecule has 5 nitrogen and oxygen atoms in total. The van der Waals surface area contributed by atoms with E-state index in [1.807, 2.05) is 18.2 Å². The normalized spacial score (nSPS) is 20.7. The number of halogens is 1. The van der Waals surface area contributed by atoms with Crippen molar-refractivity contribution in [1.29, 1.82) is 0 Å². The zero-order valence-corrected chi connectivity index (χ0v) is 17.3. The van der Waals surface area contributed by atoms with Crippen LogP contribution in [-0.2, 0) is 11.3 Å². The Hall–Kier alpha value is -1.14. The van der Waals surface area contributed by atoms with Gasteiger partial charge in [-0.2, -0.15) is 0 Å². The molecule has 1 aromatic carbocycles. The van der Waals surface area contributed by atoms with Gasteiger partial charge in [-0.1, -0.05) is 29.8 Å². The number of carbonyl (C=O) groups is 1. The summed E-state index contributed by atoms with van der Waals surface area (Å²) in [5, 5.41) is 3.99. The lowest BCUT2D eigenvalue weighted by Crippen LogP contribution is -2.45. The van der Waals surface area contributed by atoms with Gasteiger partial charge in [0.1, 0.15) is 0 Å². The molecule has 1 amide bonds. The average molecular weight is 393 g/mol. The minimum atomic E-state index is 0.163. The number of hydrogen-bond donors (Lipinski definition) is 1. The third-order valence-corrected chi connectivity index (χ3v) is 6.23. The van der Waals surface area contributed by atoms with Crippen molar-refractivity contribution in [2.45, 2.75) is 25.8 Å². The topological polar surface area (TPSA) is 38.8 Å². The van der Waals surface area contributed by atoms with E-state index in [0.29, 0.717) is 0 Å². The molecule has 0 aliphatic carbocycles. The second-order valence-corrected chi connectivity index (χ2v) is 8.34. The summed E-state index contributed by atoms with van der Waals surface area (Å²) in [6, 6.07) is 8.02. The number of nitrogens with zero attached hydrogens (tertiary/aromatic N) is 3. The lowest BCUT2D eigenvalue weighted by molar-refractivity contribution is -0.126. The summed E-state index contributed by atoms with van der Waals surface area (Å²) in [5.74, 6) is 0.405. The van der Waals surface area contributed by atoms with Gasteiger partial charge in [0.05, 0.1) is 0 Å². The van der Waals surface area contributed by atoms with E-state index in [1.54, 1.807) is 0 Å². The minimum absolute atomic E-state index is 0.163. The third kappa shape index (κ3) is 6.46. The number of piperazine rings is 1. The molecule has 2 aliphatic heterocycles. The first-order valence-electron chi connectivity index (χ1n) is 10.3. The summed E-state index contributed by atoms with van der Waals surface area (Å²) in [5.41, 5.74) is 1.17. The van der Waals surface area contributed by atoms with E-state index in [4.69, 9.17) is 11.6 Å². The Morgan fingerprint density at radius 1 is 1.07 bits per heavy atom. The number of amides is 1. The number of carbonyl (C=O) groups excluding carboxylic acids is 1. The van der Waals surface area contributed by atoms with Crippen LogP contribution in [0.3, 0.4) is 0 Å². The molecule has 2 saturated heterocycles. The van der Waals surface area contributed by atoms with Gasteiger partial charge in [-0.3, -0.25) is 9.69 Å². The van der Waals surface area contributed by atoms with Gasteiger partial charge >= 0.3 is 0 Å². The number of likely N-dealkylation sites (tertiary alicyclic amines) is 1. The molecule has 150 valence electrons. The zero-order chi connectivity index (χ0) is 19.1. The van der Waals surface area contributed by atoms with Crippen LogP contribution in [0.15, 0.2) is 24.3 Å². The maximum Gasteiger partial charge on any atom is 0.223 e. The molecule has 6 heteroatoms. The van der Waals surface area contributed by atoms with E-state index >= 15 is 0 Å². The maximum atomic E-state index is 12.4. The van der Waals surface area contributed by atoms with E-state index in [2.05, 4.69) is 33.1 Å². The molecule has 0 bridgehead atoms. The Kier molecular flexibility index (Phi) is 7.94. The largest absolute Gasteiger partial charge is 0.356 e. The Morgan fingerprint density at radius 2 is 1.78 bits per heavy atom. The summed E-state index contributed by atoms with van der Waals surface area (Å²) in [6.07, 6.45) is 2.92. The quantitative estimate of drug-likeness (QED) is 0.723. The summed E-state index contributed by atoms with van der Waals surface area (Å²) < 4.78 is 0. The van der Waals surface area contributed by atoms with Gasteiger partial charge in [0.2, 0.25) is 5.91 Å². The maximum absolute atomic E-state index is 12.4. The van der Waals surface area contributed by atoms with Crippen molar-refractivity contribution in [3.05, 3.63) is 34.9 Å². The van der Waals surface area contributed by atoms with Crippen molar-refractivity contribution >= 4 is 17.5 Å². The highest BCUT2D eigenvalue weighted by Crippen LogP contribution is 2.22. The van der Waals surface area contributed by atoms with Gasteiger partial charge in [-0.15, -0.1) is 0 Å². The van der Waals surface area contributed by atoms with Crippen LogP contribution in [-0.4, -0.2) is 80.0 Å². The third-order valence-electron chi connectivity index (χ3n) is 5.86. The first-order chi connectivity index (χ1) is 13.1. The van der Waals surface area contributed by atoms with Crippen LogP contribution in [0.25, 0.3) is 0 Å². The first kappa shape index (κ1) is 20.6. The molecular weight excluding hydrogens is 360 g/mol. The van der Waals surface area contributed by atoms with E-state index in [-0.39, 0.29) is 11.8 Å². The monoisotopic (exact) mass is 392 g/mol. The smallest absolute Gasteiger partial charge is 0.223 e. The van der Waals surface area contributed by atoms with Crippen LogP contribution in [0.4, 0.5) is 0 Å². The highest BCUT2D eigenvalue weighted by Gasteiger charge is 2.25. The molecule has 0 unspecified atom stereocenters. The molecule has 1 aromatic rings. The predicted octanol–water partition coefficient (Wildman–Crippen LogP) is 2.31. The van der Waals surface area contributed by atoms with Crippen molar-refractivity contribution in [2.75, 3.05) is 59.4 Å². The van der Waals surface area contributed by atoms with E-state index in [0.717, 1.165) is 83.2 Å². The van der Waals surface area contributed by atoms with Gasteiger partial charge in [0.15, 0.2) is 0 Å². The first-order valence-corrected chi connectivity index (χ1v) is 10.6. The van der Waals surface area contributed by atoms with Crippen LogP contribution in [0.1, 0.15) is 24.8 Å². The zero-order valence-electron chi connectivity index (χ0n) is 16.5. The van der Waals surface area contributed by atoms with Crippen LogP contribution in [0.2, 0.25) is 5.02 Å². The summed E-state index contributed by atoms with van der Waals surface area (Å²) in [7, 11) is 2.18. The van der Waals surface area contributed by atoms with Crippen molar-refractivity contribution in [2.24, 2.45) is 5.92 Å². The number of likely N-dealkylation sites (N-methyl/N-ethyl adjacent to an activating group) is 1. The molecule has 0 atom stereocenters. The highest BCUT2D eigenvalue weighted by atomic mass is 35.5. The molecule has 0 aromatic heterocycles. The fourth-order valence-electron chi connectivity index (χ4n) is 3.95. The molecule has 2 heterocycles. The second kappa shape index (κ2) is 10.4. The standard InChI is InChI=1S/C21H33ClN4O/c1-24-13-15-25(16-14-24)10-4-9-23-21(27)18-7-11-26(12-8-18)17-19-5-2-3-6-20(19)22/h2-3,5-6,18H,4,7-17H2,1H3,(H,23,27). The fourth-order valence-corrected chi connectivity index (χ4v) is 4.15. The van der Waals surface area contributed by atoms with Crippen LogP contribution in [0, 0.1) is 5.92 Å². The summed E-state index contributed by atoms with van der Waals surface area (Å²) in [6.45, 7) is 9.28. The van der Waals surface area contributed by atoms with E-state index in [1.165, 1.54) is 5.56 Å². The van der Waals surface area contributed by atoms with Gasteiger partial charge in [-0.25, -0.2) is 0 Å². The van der Waals surface area contributed by atoms with Crippen molar-refractivity contribution in [3.63, 3.8) is 0 Å². The number of hydrogen-bond acceptors (Lipinski definition) is 4. The number of piperidine rings is 1. The molecular formula is C21H33ClN4O. The lowest BCUT2D eigenvalue weighted by Gasteiger charge is -2.32. The Morgan fingerprint density at radius 3 is 2.48 bits per heavy atom. The van der Waals surface area contributed by atoms with Crippen LogP contribution in [0.5, 0.6) is 0 Å². The summed E-state index contributed by atoms with van der Waals surface area (Å²) >= 11 is 6.26. The number of rotatable bonds is 7. The molecule has 2 fully saturated rings. The predicted molar refractivity (Wildman–Crippen MR) is 111 cm³/mol. The Bertz CT molecular complexity index is 596. The van der Waals surface area contributed by atoms with Crippen molar-refractivity contribution in [3.8, 4) is 0 Å². The second-order valence-electron chi connectivity index (χ2n) is 7.93. The van der Waals surface area contributed by atoms with Gasteiger partial charge in [0, 0.05) is 50.2 Å². The molecule has 2 aliphatic rings. The summed E-state index contributed by atoms with van der Waals surface area (Å²) in [4.78, 5) is 19.7. The molecule has 0 spiro atoms. The van der Waals surface area contributed by atoms with E-state index in [9.17, 15) is 4.79 Å². The number of benzene rings is 1. The SMILES string of the molecule is CN1CCN(CCCNC(=O)C2CCN(Cc3ccccc3Cl)CC2)CC1. The van der Waals surface area contributed by atoms with Gasteiger partial charge in [0.25, 0.3) is 0 Å². The Balaban J connectivity index is 1.30. The number of nitrogens with one attached hydrogen (secondary N) is 1.